The van der Waals surface area contributed by atoms with Gasteiger partial charge < -0.3 is 14.3 Å². The van der Waals surface area contributed by atoms with E-state index in [1.165, 1.54) is 34.9 Å². The van der Waals surface area contributed by atoms with Crippen molar-refractivity contribution in [3.05, 3.63) is 73.0 Å². The summed E-state index contributed by atoms with van der Waals surface area (Å²) in [6.07, 6.45) is 6.90. The van der Waals surface area contributed by atoms with Crippen molar-refractivity contribution in [2.75, 3.05) is 18.5 Å². The highest BCUT2D eigenvalue weighted by Crippen LogP contribution is 2.26. The standard InChI is InChI=1S/C20H18N2O3S/c1-22-8-2-4-14-10-13(6-7-15(14)22)11-18-20(24)21-19(26-18)12-16(23)17-5-3-9-25-17/h3,5-7,9-12H,2,4,8H2,1H3,(H,21,24)/b18-11+,19-12-. The molecule has 4 rings (SSSR count). The first-order chi connectivity index (χ1) is 12.6. The molecule has 0 saturated heterocycles. The van der Waals surface area contributed by atoms with E-state index in [4.69, 9.17) is 4.42 Å². The smallest absolute Gasteiger partial charge is 0.266 e. The van der Waals surface area contributed by atoms with Crippen LogP contribution in [0.25, 0.3) is 12.2 Å². The van der Waals surface area contributed by atoms with Crippen molar-refractivity contribution < 1.29 is 9.21 Å². The molecule has 1 aromatic carbocycles. The van der Waals surface area contributed by atoms with Crippen LogP contribution < -0.4 is 19.7 Å². The zero-order valence-corrected chi connectivity index (χ0v) is 15.1. The molecule has 0 fully saturated rings. The quantitative estimate of drug-likeness (QED) is 0.719. The van der Waals surface area contributed by atoms with Crippen molar-refractivity contribution in [3.8, 4) is 0 Å². The molecule has 0 saturated carbocycles. The Hall–Kier alpha value is -2.86. The predicted octanol–water partition coefficient (Wildman–Crippen LogP) is 1.90. The number of H-pyrrole nitrogens is 1. The topological polar surface area (TPSA) is 66.3 Å². The van der Waals surface area contributed by atoms with Crippen LogP contribution in [-0.2, 0) is 6.42 Å². The second-order valence-electron chi connectivity index (χ2n) is 6.33. The average molecular weight is 366 g/mol. The fraction of sp³-hybridized carbons (Fsp3) is 0.200. The summed E-state index contributed by atoms with van der Waals surface area (Å²) in [5.41, 5.74) is 3.37. The number of nitrogens with one attached hydrogen (secondary N) is 1. The van der Waals surface area contributed by atoms with Crippen molar-refractivity contribution in [2.45, 2.75) is 12.8 Å². The lowest BCUT2D eigenvalue weighted by Crippen LogP contribution is -2.24. The molecule has 0 atom stereocenters. The number of nitrogens with zero attached hydrogens (tertiary/aromatic N) is 1. The van der Waals surface area contributed by atoms with Crippen LogP contribution in [0.3, 0.4) is 0 Å². The molecule has 0 spiro atoms. The highest BCUT2D eigenvalue weighted by atomic mass is 32.1. The normalized spacial score (nSPS) is 15.3. The highest BCUT2D eigenvalue weighted by Gasteiger charge is 2.13. The van der Waals surface area contributed by atoms with Crippen molar-refractivity contribution in [1.29, 1.82) is 0 Å². The van der Waals surface area contributed by atoms with Crippen LogP contribution in [0.1, 0.15) is 28.1 Å². The van der Waals surface area contributed by atoms with E-state index >= 15 is 0 Å². The molecule has 1 N–H and O–H groups in total. The Morgan fingerprint density at radius 1 is 1.35 bits per heavy atom. The minimum atomic E-state index is -0.268. The van der Waals surface area contributed by atoms with Crippen LogP contribution in [0.2, 0.25) is 0 Å². The SMILES string of the molecule is CN1CCCc2cc(/C=c3/s/c(=C\C(=O)c4ccco4)[nH]c3=O)ccc21. The third-order valence-corrected chi connectivity index (χ3v) is 5.42. The van der Waals surface area contributed by atoms with Gasteiger partial charge in [0.1, 0.15) is 0 Å². The van der Waals surface area contributed by atoms with Crippen LogP contribution in [-0.4, -0.2) is 24.4 Å². The Kier molecular flexibility index (Phi) is 4.34. The number of aromatic nitrogens is 1. The van der Waals surface area contributed by atoms with Crippen molar-refractivity contribution in [2.24, 2.45) is 0 Å². The second kappa shape index (κ2) is 6.80. The molecule has 1 aliphatic heterocycles. The Bertz CT molecular complexity index is 1120. The molecule has 0 bridgehead atoms. The Morgan fingerprint density at radius 2 is 2.23 bits per heavy atom. The number of rotatable bonds is 3. The maximum Gasteiger partial charge on any atom is 0.266 e. The molecular weight excluding hydrogens is 348 g/mol. The number of thiazole rings is 1. The fourth-order valence-corrected chi connectivity index (χ4v) is 4.07. The van der Waals surface area contributed by atoms with Crippen LogP contribution in [0.15, 0.2) is 45.8 Å². The predicted molar refractivity (Wildman–Crippen MR) is 103 cm³/mol. The second-order valence-corrected chi connectivity index (χ2v) is 7.41. The van der Waals surface area contributed by atoms with Crippen LogP contribution in [0.5, 0.6) is 0 Å². The number of carbonyl (C=O) groups excluding carboxylic acids is 1. The van der Waals surface area contributed by atoms with E-state index in [0.717, 1.165) is 24.9 Å². The number of Topliss-reactive ketones (excluding diaryl/α,β-unsaturated/α-hetero) is 1. The molecular formula is C20H18N2O3S. The molecule has 0 amide bonds. The van der Waals surface area contributed by atoms with Gasteiger partial charge in [-0.25, -0.2) is 0 Å². The fourth-order valence-electron chi connectivity index (χ4n) is 3.18. The number of ketones is 1. The van der Waals surface area contributed by atoms with Gasteiger partial charge in [-0.05, 0) is 54.3 Å². The lowest BCUT2D eigenvalue weighted by molar-refractivity contribution is 0.103. The number of fused-ring (bicyclic) bond motifs is 1. The number of carbonyl (C=O) groups is 1. The van der Waals surface area contributed by atoms with Crippen molar-refractivity contribution in [3.63, 3.8) is 0 Å². The lowest BCUT2D eigenvalue weighted by Gasteiger charge is -2.27. The van der Waals surface area contributed by atoms with Crippen molar-refractivity contribution >= 4 is 35.0 Å². The summed E-state index contributed by atoms with van der Waals surface area (Å²) in [7, 11) is 2.10. The Labute approximate surface area is 153 Å². The van der Waals surface area contributed by atoms with Gasteiger partial charge in [0.05, 0.1) is 15.5 Å². The number of hydrogen-bond acceptors (Lipinski definition) is 5. The largest absolute Gasteiger partial charge is 0.461 e. The minimum Gasteiger partial charge on any atom is -0.461 e. The number of aromatic amines is 1. The molecule has 132 valence electrons. The van der Waals surface area contributed by atoms with Gasteiger partial charge in [0.2, 0.25) is 5.78 Å². The van der Waals surface area contributed by atoms with E-state index in [1.807, 2.05) is 12.1 Å². The van der Waals surface area contributed by atoms with Crippen molar-refractivity contribution in [1.82, 2.24) is 4.98 Å². The lowest BCUT2D eigenvalue weighted by atomic mass is 9.99. The average Bonchev–Trinajstić information content (AvgIpc) is 3.26. The molecule has 0 radical (unpaired) electrons. The van der Waals surface area contributed by atoms with E-state index in [0.29, 0.717) is 9.20 Å². The van der Waals surface area contributed by atoms with Gasteiger partial charge in [0, 0.05) is 25.4 Å². The zero-order valence-electron chi connectivity index (χ0n) is 14.3. The van der Waals surface area contributed by atoms with E-state index in [2.05, 4.69) is 29.1 Å². The summed E-state index contributed by atoms with van der Waals surface area (Å²) in [6.45, 7) is 1.07. The molecule has 5 nitrogen and oxygen atoms in total. The monoisotopic (exact) mass is 366 g/mol. The van der Waals surface area contributed by atoms with Gasteiger partial charge in [-0.1, -0.05) is 6.07 Å². The van der Waals surface area contributed by atoms with E-state index in [1.54, 1.807) is 12.1 Å². The number of aryl methyl sites for hydroxylation is 1. The Balaban J connectivity index is 1.70. The third-order valence-electron chi connectivity index (χ3n) is 4.46. The van der Waals surface area contributed by atoms with Gasteiger partial charge in [-0.15, -0.1) is 11.3 Å². The summed E-state index contributed by atoms with van der Waals surface area (Å²) >= 11 is 1.27. The van der Waals surface area contributed by atoms with Gasteiger partial charge in [-0.3, -0.25) is 9.59 Å². The third kappa shape index (κ3) is 3.28. The van der Waals surface area contributed by atoms with Gasteiger partial charge >= 0.3 is 0 Å². The number of furan rings is 1. The number of anilines is 1. The van der Waals surface area contributed by atoms with E-state index in [-0.39, 0.29) is 17.1 Å². The summed E-state index contributed by atoms with van der Waals surface area (Å²) in [5.74, 6) is -0.0144. The van der Waals surface area contributed by atoms with E-state index in [9.17, 15) is 9.59 Å². The van der Waals surface area contributed by atoms with Crippen LogP contribution in [0, 0.1) is 0 Å². The number of benzene rings is 1. The van der Waals surface area contributed by atoms with Crippen LogP contribution >= 0.6 is 11.3 Å². The maximum atomic E-state index is 12.2. The van der Waals surface area contributed by atoms with Gasteiger partial charge in [0.25, 0.3) is 5.56 Å². The molecule has 26 heavy (non-hydrogen) atoms. The summed E-state index contributed by atoms with van der Waals surface area (Å²) in [4.78, 5) is 29.3. The molecule has 2 aromatic heterocycles. The summed E-state index contributed by atoms with van der Waals surface area (Å²) in [6, 6.07) is 9.53. The molecule has 3 heterocycles. The maximum absolute atomic E-state index is 12.2. The first-order valence-corrected chi connectivity index (χ1v) is 9.26. The van der Waals surface area contributed by atoms with Gasteiger partial charge in [0.15, 0.2) is 5.76 Å². The van der Waals surface area contributed by atoms with Crippen LogP contribution in [0.4, 0.5) is 5.69 Å². The molecule has 1 aliphatic rings. The molecule has 3 aromatic rings. The summed E-state index contributed by atoms with van der Waals surface area (Å²) in [5, 5.41) is 0. The molecule has 6 heteroatoms. The molecule has 0 unspecified atom stereocenters. The Morgan fingerprint density at radius 3 is 3.04 bits per heavy atom. The van der Waals surface area contributed by atoms with E-state index < -0.39 is 0 Å². The first-order valence-electron chi connectivity index (χ1n) is 8.45. The first kappa shape index (κ1) is 16.6. The summed E-state index contributed by atoms with van der Waals surface area (Å²) < 4.78 is 6.17. The minimum absolute atomic E-state index is 0.191. The molecule has 0 aliphatic carbocycles. The number of hydrogen-bond donors (Lipinski definition) is 1. The zero-order chi connectivity index (χ0) is 18.1. The van der Waals surface area contributed by atoms with Gasteiger partial charge in [-0.2, -0.15) is 0 Å². The highest BCUT2D eigenvalue weighted by molar-refractivity contribution is 7.07.